The van der Waals surface area contributed by atoms with Gasteiger partial charge in [0.05, 0.1) is 5.39 Å². The maximum absolute atomic E-state index is 12.5. The summed E-state index contributed by atoms with van der Waals surface area (Å²) in [6.45, 7) is 3.02. The zero-order valence-electron chi connectivity index (χ0n) is 13.8. The summed E-state index contributed by atoms with van der Waals surface area (Å²) >= 11 is 0. The van der Waals surface area contributed by atoms with E-state index in [1.165, 1.54) is 6.92 Å². The Kier molecular flexibility index (Phi) is 4.38. The van der Waals surface area contributed by atoms with Gasteiger partial charge in [-0.05, 0) is 38.1 Å². The quantitative estimate of drug-likeness (QED) is 0.737. The Morgan fingerprint density at radius 2 is 1.88 bits per heavy atom. The molecule has 0 radical (unpaired) electrons. The highest BCUT2D eigenvalue weighted by molar-refractivity contribution is 5.97. The summed E-state index contributed by atoms with van der Waals surface area (Å²) < 4.78 is 1.05. The first-order valence-corrected chi connectivity index (χ1v) is 7.73. The first kappa shape index (κ1) is 16.5. The van der Waals surface area contributed by atoms with Crippen molar-refractivity contribution in [2.75, 3.05) is 5.32 Å². The molecule has 7 heteroatoms. The number of rotatable bonds is 4. The van der Waals surface area contributed by atoms with Crippen molar-refractivity contribution in [3.05, 3.63) is 64.4 Å². The largest absolute Gasteiger partial charge is 0.324 e. The highest BCUT2D eigenvalue weighted by atomic mass is 16.2. The van der Waals surface area contributed by atoms with Crippen molar-refractivity contribution in [2.45, 2.75) is 19.9 Å². The Labute approximate surface area is 143 Å². The summed E-state index contributed by atoms with van der Waals surface area (Å²) in [6.07, 6.45) is 0. The van der Waals surface area contributed by atoms with Crippen molar-refractivity contribution in [1.29, 1.82) is 0 Å². The monoisotopic (exact) mass is 336 g/mol. The van der Waals surface area contributed by atoms with Crippen molar-refractivity contribution in [2.24, 2.45) is 0 Å². The smallest absolute Gasteiger partial charge is 0.278 e. The van der Waals surface area contributed by atoms with E-state index in [1.807, 2.05) is 0 Å². The normalized spacial score (nSPS) is 11.9. The molecule has 0 spiro atoms. The van der Waals surface area contributed by atoms with E-state index >= 15 is 0 Å². The highest BCUT2D eigenvalue weighted by Crippen LogP contribution is 2.14. The Balaban J connectivity index is 1.88. The number of Topliss-reactive ketones (excluding diaryl/α,β-unsaturated/α-hetero) is 1. The number of carbonyl (C=O) groups is 2. The minimum Gasteiger partial charge on any atom is -0.324 e. The molecule has 2 aromatic carbocycles. The molecule has 1 atom stereocenters. The van der Waals surface area contributed by atoms with Crippen LogP contribution in [0.2, 0.25) is 0 Å². The number of hydrogen-bond acceptors (Lipinski definition) is 5. The second-order valence-electron chi connectivity index (χ2n) is 5.66. The van der Waals surface area contributed by atoms with Gasteiger partial charge >= 0.3 is 0 Å². The lowest BCUT2D eigenvalue weighted by Crippen LogP contribution is -2.34. The van der Waals surface area contributed by atoms with Crippen LogP contribution in [0.15, 0.2) is 53.3 Å². The van der Waals surface area contributed by atoms with Gasteiger partial charge in [0.2, 0.25) is 5.91 Å². The van der Waals surface area contributed by atoms with Gasteiger partial charge in [-0.2, -0.15) is 4.68 Å². The van der Waals surface area contributed by atoms with Crippen molar-refractivity contribution < 1.29 is 9.59 Å². The van der Waals surface area contributed by atoms with Crippen LogP contribution in [0.25, 0.3) is 10.9 Å². The predicted molar refractivity (Wildman–Crippen MR) is 93.6 cm³/mol. The molecule has 0 unspecified atom stereocenters. The molecule has 0 fully saturated rings. The van der Waals surface area contributed by atoms with Crippen LogP contribution in [-0.2, 0) is 4.79 Å². The second kappa shape index (κ2) is 6.64. The van der Waals surface area contributed by atoms with E-state index < -0.39 is 11.9 Å². The van der Waals surface area contributed by atoms with Crippen LogP contribution in [0, 0.1) is 0 Å². The molecule has 3 aromatic rings. The summed E-state index contributed by atoms with van der Waals surface area (Å²) in [5, 5.41) is 10.9. The molecule has 0 saturated heterocycles. The van der Waals surface area contributed by atoms with Gasteiger partial charge in [-0.3, -0.25) is 14.4 Å². The van der Waals surface area contributed by atoms with Gasteiger partial charge in [0.15, 0.2) is 5.78 Å². The average Bonchev–Trinajstić information content (AvgIpc) is 2.62. The third kappa shape index (κ3) is 3.30. The Morgan fingerprint density at radius 3 is 2.64 bits per heavy atom. The number of nitrogens with zero attached hydrogens (tertiary/aromatic N) is 3. The SMILES string of the molecule is CC(=O)c1cccc(NC(=O)[C@H](C)n2nnc3ccccc3c2=O)c1. The Hall–Kier alpha value is -3.35. The minimum absolute atomic E-state index is 0.0965. The number of fused-ring (bicyclic) bond motifs is 1. The number of anilines is 1. The predicted octanol–water partition coefficient (Wildman–Crippen LogP) is 2.19. The van der Waals surface area contributed by atoms with E-state index in [4.69, 9.17) is 0 Å². The fourth-order valence-electron chi connectivity index (χ4n) is 2.43. The lowest BCUT2D eigenvalue weighted by Gasteiger charge is -2.14. The average molecular weight is 336 g/mol. The molecule has 1 amide bonds. The number of hydrogen-bond donors (Lipinski definition) is 1. The summed E-state index contributed by atoms with van der Waals surface area (Å²) in [7, 11) is 0. The van der Waals surface area contributed by atoms with Gasteiger partial charge in [0, 0.05) is 11.3 Å². The van der Waals surface area contributed by atoms with E-state index in [1.54, 1.807) is 55.5 Å². The fourth-order valence-corrected chi connectivity index (χ4v) is 2.43. The first-order chi connectivity index (χ1) is 12.0. The second-order valence-corrected chi connectivity index (χ2v) is 5.66. The highest BCUT2D eigenvalue weighted by Gasteiger charge is 2.19. The van der Waals surface area contributed by atoms with E-state index in [2.05, 4.69) is 15.6 Å². The number of amides is 1. The van der Waals surface area contributed by atoms with Crippen molar-refractivity contribution in [3.63, 3.8) is 0 Å². The summed E-state index contributed by atoms with van der Waals surface area (Å²) in [5.74, 6) is -0.520. The first-order valence-electron chi connectivity index (χ1n) is 7.73. The molecule has 0 aliphatic rings. The standard InChI is InChI=1S/C18H16N4O3/c1-11(17(24)19-14-7-5-6-13(10-14)12(2)23)22-18(25)15-8-3-4-9-16(15)20-21-22/h3-11H,1-2H3,(H,19,24)/t11-/m0/s1. The van der Waals surface area contributed by atoms with Crippen LogP contribution < -0.4 is 10.9 Å². The summed E-state index contributed by atoms with van der Waals surface area (Å²) in [5.41, 5.74) is 1.07. The molecule has 0 aliphatic heterocycles. The molecule has 1 N–H and O–H groups in total. The molecule has 7 nitrogen and oxygen atoms in total. The molecule has 0 saturated carbocycles. The lowest BCUT2D eigenvalue weighted by atomic mass is 10.1. The molecule has 126 valence electrons. The molecule has 3 rings (SSSR count). The van der Waals surface area contributed by atoms with E-state index in [-0.39, 0.29) is 11.3 Å². The van der Waals surface area contributed by atoms with Crippen molar-refractivity contribution in [1.82, 2.24) is 15.0 Å². The molecular formula is C18H16N4O3. The van der Waals surface area contributed by atoms with Crippen molar-refractivity contribution >= 4 is 28.3 Å². The molecule has 0 aliphatic carbocycles. The minimum atomic E-state index is -0.856. The van der Waals surface area contributed by atoms with Gasteiger partial charge in [-0.15, -0.1) is 5.10 Å². The molecule has 1 aromatic heterocycles. The molecule has 1 heterocycles. The van der Waals surface area contributed by atoms with Crippen LogP contribution in [0.3, 0.4) is 0 Å². The van der Waals surface area contributed by atoms with Gasteiger partial charge < -0.3 is 5.32 Å². The molecular weight excluding hydrogens is 320 g/mol. The van der Waals surface area contributed by atoms with E-state index in [0.717, 1.165) is 4.68 Å². The molecule has 0 bridgehead atoms. The van der Waals surface area contributed by atoms with E-state index in [9.17, 15) is 14.4 Å². The van der Waals surface area contributed by atoms with Gasteiger partial charge in [0.1, 0.15) is 11.6 Å². The van der Waals surface area contributed by atoms with Gasteiger partial charge in [0.25, 0.3) is 5.56 Å². The Bertz CT molecular complexity index is 1030. The maximum atomic E-state index is 12.5. The van der Waals surface area contributed by atoms with Crippen LogP contribution in [0.4, 0.5) is 5.69 Å². The summed E-state index contributed by atoms with van der Waals surface area (Å²) in [6, 6.07) is 12.6. The zero-order valence-corrected chi connectivity index (χ0v) is 13.8. The molecule has 25 heavy (non-hydrogen) atoms. The van der Waals surface area contributed by atoms with Gasteiger partial charge in [-0.1, -0.05) is 29.5 Å². The van der Waals surface area contributed by atoms with Crippen LogP contribution in [0.5, 0.6) is 0 Å². The third-order valence-corrected chi connectivity index (χ3v) is 3.87. The van der Waals surface area contributed by atoms with Gasteiger partial charge in [-0.25, -0.2) is 0 Å². The third-order valence-electron chi connectivity index (χ3n) is 3.87. The van der Waals surface area contributed by atoms with Crippen LogP contribution >= 0.6 is 0 Å². The van der Waals surface area contributed by atoms with Crippen LogP contribution in [0.1, 0.15) is 30.2 Å². The Morgan fingerprint density at radius 1 is 1.12 bits per heavy atom. The number of benzene rings is 2. The zero-order chi connectivity index (χ0) is 18.0. The number of ketones is 1. The number of carbonyl (C=O) groups excluding carboxylic acids is 2. The van der Waals surface area contributed by atoms with Crippen molar-refractivity contribution in [3.8, 4) is 0 Å². The summed E-state index contributed by atoms with van der Waals surface area (Å²) in [4.78, 5) is 36.4. The lowest BCUT2D eigenvalue weighted by molar-refractivity contribution is -0.119. The topological polar surface area (TPSA) is 93.9 Å². The van der Waals surface area contributed by atoms with E-state index in [0.29, 0.717) is 22.2 Å². The maximum Gasteiger partial charge on any atom is 0.278 e. The van der Waals surface area contributed by atoms with Crippen LogP contribution in [-0.4, -0.2) is 26.7 Å². The number of nitrogens with one attached hydrogen (secondary N) is 1. The number of aromatic nitrogens is 3. The fraction of sp³-hybridized carbons (Fsp3) is 0.167.